The van der Waals surface area contributed by atoms with Gasteiger partial charge in [0.25, 0.3) is 0 Å². The highest BCUT2D eigenvalue weighted by molar-refractivity contribution is 5.46. The van der Waals surface area contributed by atoms with Gasteiger partial charge in [0.1, 0.15) is 0 Å². The second-order valence-corrected chi connectivity index (χ2v) is 4.64. The SMILES string of the molecule is CCN(CCc1ccccn1)Cc1ccccc1N. The van der Waals surface area contributed by atoms with Gasteiger partial charge in [-0.2, -0.15) is 0 Å². The minimum absolute atomic E-state index is 0.874. The van der Waals surface area contributed by atoms with Crippen LogP contribution in [0.25, 0.3) is 0 Å². The van der Waals surface area contributed by atoms with E-state index >= 15 is 0 Å². The van der Waals surface area contributed by atoms with Gasteiger partial charge in [-0.25, -0.2) is 0 Å². The Balaban J connectivity index is 1.92. The molecule has 1 heterocycles. The van der Waals surface area contributed by atoms with E-state index in [9.17, 15) is 0 Å². The molecule has 100 valence electrons. The van der Waals surface area contributed by atoms with E-state index in [1.807, 2.05) is 36.5 Å². The fourth-order valence-corrected chi connectivity index (χ4v) is 2.09. The number of anilines is 1. The predicted octanol–water partition coefficient (Wildman–Crippen LogP) is 2.73. The molecular weight excluding hydrogens is 234 g/mol. The number of nitrogens with two attached hydrogens (primary N) is 1. The zero-order chi connectivity index (χ0) is 13.5. The van der Waals surface area contributed by atoms with E-state index in [0.29, 0.717) is 0 Å². The molecule has 0 fully saturated rings. The summed E-state index contributed by atoms with van der Waals surface area (Å²) in [6.07, 6.45) is 2.82. The van der Waals surface area contributed by atoms with Gasteiger partial charge in [-0.05, 0) is 30.3 Å². The summed E-state index contributed by atoms with van der Waals surface area (Å²) in [4.78, 5) is 6.75. The molecule has 0 spiro atoms. The summed E-state index contributed by atoms with van der Waals surface area (Å²) < 4.78 is 0. The van der Waals surface area contributed by atoms with Crippen LogP contribution in [-0.4, -0.2) is 23.0 Å². The van der Waals surface area contributed by atoms with Crippen LogP contribution < -0.4 is 5.73 Å². The van der Waals surface area contributed by atoms with Gasteiger partial charge < -0.3 is 5.73 Å². The molecular formula is C16H21N3. The Bertz CT molecular complexity index is 496. The molecule has 0 saturated carbocycles. The molecule has 0 saturated heterocycles. The summed E-state index contributed by atoms with van der Waals surface area (Å²) in [6, 6.07) is 14.1. The van der Waals surface area contributed by atoms with Crippen LogP contribution in [0.3, 0.4) is 0 Å². The monoisotopic (exact) mass is 255 g/mol. The second kappa shape index (κ2) is 6.90. The number of likely N-dealkylation sites (N-methyl/N-ethyl adjacent to an activating group) is 1. The topological polar surface area (TPSA) is 42.2 Å². The number of benzene rings is 1. The molecule has 0 radical (unpaired) electrons. The number of pyridine rings is 1. The smallest absolute Gasteiger partial charge is 0.0416 e. The number of nitrogen functional groups attached to an aromatic ring is 1. The zero-order valence-corrected chi connectivity index (χ0v) is 11.4. The van der Waals surface area contributed by atoms with Gasteiger partial charge in [0, 0.05) is 37.1 Å². The van der Waals surface area contributed by atoms with E-state index < -0.39 is 0 Å². The normalized spacial score (nSPS) is 10.8. The molecule has 2 N–H and O–H groups in total. The number of aromatic nitrogens is 1. The minimum atomic E-state index is 0.874. The second-order valence-electron chi connectivity index (χ2n) is 4.64. The number of nitrogens with zero attached hydrogens (tertiary/aromatic N) is 2. The molecule has 0 bridgehead atoms. The number of hydrogen-bond acceptors (Lipinski definition) is 3. The van der Waals surface area contributed by atoms with Crippen molar-refractivity contribution in [3.05, 3.63) is 59.9 Å². The van der Waals surface area contributed by atoms with E-state index in [4.69, 9.17) is 5.73 Å². The molecule has 0 amide bonds. The first-order valence-corrected chi connectivity index (χ1v) is 6.75. The van der Waals surface area contributed by atoms with Crippen LogP contribution in [0.5, 0.6) is 0 Å². The van der Waals surface area contributed by atoms with Crippen molar-refractivity contribution >= 4 is 5.69 Å². The Morgan fingerprint density at radius 1 is 1.11 bits per heavy atom. The summed E-state index contributed by atoms with van der Waals surface area (Å²) in [5, 5.41) is 0. The zero-order valence-electron chi connectivity index (χ0n) is 11.4. The molecule has 2 aromatic rings. The van der Waals surface area contributed by atoms with E-state index in [-0.39, 0.29) is 0 Å². The summed E-state index contributed by atoms with van der Waals surface area (Å²) in [5.74, 6) is 0. The predicted molar refractivity (Wildman–Crippen MR) is 79.7 cm³/mol. The molecule has 2 rings (SSSR count). The van der Waals surface area contributed by atoms with Crippen molar-refractivity contribution in [3.63, 3.8) is 0 Å². The highest BCUT2D eigenvalue weighted by Gasteiger charge is 2.06. The van der Waals surface area contributed by atoms with Crippen LogP contribution in [-0.2, 0) is 13.0 Å². The highest BCUT2D eigenvalue weighted by atomic mass is 15.1. The number of rotatable bonds is 6. The molecule has 1 aromatic heterocycles. The molecule has 3 nitrogen and oxygen atoms in total. The fourth-order valence-electron chi connectivity index (χ4n) is 2.09. The van der Waals surface area contributed by atoms with Crippen LogP contribution in [0.15, 0.2) is 48.7 Å². The lowest BCUT2D eigenvalue weighted by molar-refractivity contribution is 0.283. The van der Waals surface area contributed by atoms with Crippen molar-refractivity contribution in [1.82, 2.24) is 9.88 Å². The van der Waals surface area contributed by atoms with E-state index in [1.165, 1.54) is 5.56 Å². The molecule has 0 aliphatic rings. The number of para-hydroxylation sites is 1. The van der Waals surface area contributed by atoms with Crippen molar-refractivity contribution in [3.8, 4) is 0 Å². The molecule has 0 aliphatic heterocycles. The maximum Gasteiger partial charge on any atom is 0.0416 e. The highest BCUT2D eigenvalue weighted by Crippen LogP contribution is 2.13. The quantitative estimate of drug-likeness (QED) is 0.807. The molecule has 3 heteroatoms. The molecule has 1 aromatic carbocycles. The Hall–Kier alpha value is -1.87. The van der Waals surface area contributed by atoms with E-state index in [2.05, 4.69) is 28.9 Å². The van der Waals surface area contributed by atoms with Crippen molar-refractivity contribution in [2.75, 3.05) is 18.8 Å². The van der Waals surface area contributed by atoms with Crippen LogP contribution >= 0.6 is 0 Å². The largest absolute Gasteiger partial charge is 0.398 e. The Morgan fingerprint density at radius 2 is 1.89 bits per heavy atom. The van der Waals surface area contributed by atoms with Crippen LogP contribution in [0.1, 0.15) is 18.2 Å². The third-order valence-electron chi connectivity index (χ3n) is 3.31. The third kappa shape index (κ3) is 4.07. The van der Waals surface area contributed by atoms with Crippen molar-refractivity contribution in [1.29, 1.82) is 0 Å². The lowest BCUT2D eigenvalue weighted by atomic mass is 10.1. The third-order valence-corrected chi connectivity index (χ3v) is 3.31. The standard InChI is InChI=1S/C16H21N3/c1-2-19(12-10-15-8-5-6-11-18-15)13-14-7-3-4-9-16(14)17/h3-9,11H,2,10,12-13,17H2,1H3. The van der Waals surface area contributed by atoms with Gasteiger partial charge in [-0.3, -0.25) is 9.88 Å². The van der Waals surface area contributed by atoms with Crippen LogP contribution in [0.4, 0.5) is 5.69 Å². The van der Waals surface area contributed by atoms with E-state index in [0.717, 1.165) is 37.4 Å². The Morgan fingerprint density at radius 3 is 2.58 bits per heavy atom. The Kier molecular flexibility index (Phi) is 4.93. The summed E-state index contributed by atoms with van der Waals surface area (Å²) in [6.45, 7) is 5.09. The maximum atomic E-state index is 5.99. The molecule has 0 unspecified atom stereocenters. The lowest BCUT2D eigenvalue weighted by Gasteiger charge is -2.21. The first-order valence-electron chi connectivity index (χ1n) is 6.75. The maximum absolute atomic E-state index is 5.99. The minimum Gasteiger partial charge on any atom is -0.398 e. The average molecular weight is 255 g/mol. The van der Waals surface area contributed by atoms with Crippen LogP contribution in [0, 0.1) is 0 Å². The van der Waals surface area contributed by atoms with Gasteiger partial charge in [0.15, 0.2) is 0 Å². The number of hydrogen-bond donors (Lipinski definition) is 1. The lowest BCUT2D eigenvalue weighted by Crippen LogP contribution is -2.26. The van der Waals surface area contributed by atoms with Gasteiger partial charge >= 0.3 is 0 Å². The summed E-state index contributed by atoms with van der Waals surface area (Å²) in [7, 11) is 0. The van der Waals surface area contributed by atoms with Crippen molar-refractivity contribution < 1.29 is 0 Å². The molecule has 0 atom stereocenters. The summed E-state index contributed by atoms with van der Waals surface area (Å²) >= 11 is 0. The first kappa shape index (κ1) is 13.6. The Labute approximate surface area is 115 Å². The van der Waals surface area contributed by atoms with Gasteiger partial charge in [-0.1, -0.05) is 31.2 Å². The molecule has 0 aliphatic carbocycles. The fraction of sp³-hybridized carbons (Fsp3) is 0.312. The average Bonchev–Trinajstić information content (AvgIpc) is 2.46. The van der Waals surface area contributed by atoms with Crippen LogP contribution in [0.2, 0.25) is 0 Å². The molecule has 19 heavy (non-hydrogen) atoms. The van der Waals surface area contributed by atoms with E-state index in [1.54, 1.807) is 0 Å². The van der Waals surface area contributed by atoms with Gasteiger partial charge in [0.2, 0.25) is 0 Å². The van der Waals surface area contributed by atoms with Crippen molar-refractivity contribution in [2.45, 2.75) is 19.9 Å². The van der Waals surface area contributed by atoms with Crippen molar-refractivity contribution in [2.24, 2.45) is 0 Å². The first-order chi connectivity index (χ1) is 9.29. The summed E-state index contributed by atoms with van der Waals surface area (Å²) in [5.41, 5.74) is 9.21. The van der Waals surface area contributed by atoms with Gasteiger partial charge in [-0.15, -0.1) is 0 Å². The van der Waals surface area contributed by atoms with Gasteiger partial charge in [0.05, 0.1) is 0 Å².